The Labute approximate surface area is 189 Å². The molecule has 0 aliphatic heterocycles. The number of hydrogen-bond acceptors (Lipinski definition) is 0. The second kappa shape index (κ2) is 5.91. The summed E-state index contributed by atoms with van der Waals surface area (Å²) in [5.41, 5.74) is 10.1. The van der Waals surface area contributed by atoms with Gasteiger partial charge in [0.25, 0.3) is 0 Å². The Kier molecular flexibility index (Phi) is 3.63. The second-order valence-corrected chi connectivity index (χ2v) is 10.00. The maximum absolute atomic E-state index is 3.95. The molecule has 0 amide bonds. The molecule has 1 atom stereocenters. The Morgan fingerprint density at radius 1 is 0.607 bits per heavy atom. The van der Waals surface area contributed by atoms with Gasteiger partial charge in [0.1, 0.15) is 0 Å². The van der Waals surface area contributed by atoms with Crippen LogP contribution in [0, 0.1) is 5.41 Å². The van der Waals surface area contributed by atoms with E-state index < -0.39 is 0 Å². The summed E-state index contributed by atoms with van der Waals surface area (Å²) in [6.45, 7) is 0. The van der Waals surface area contributed by atoms with Crippen molar-refractivity contribution in [2.45, 2.75) is 0 Å². The van der Waals surface area contributed by atoms with E-state index in [9.17, 15) is 0 Å². The molecule has 0 aromatic heterocycles. The average molecular weight is 553 g/mol. The van der Waals surface area contributed by atoms with E-state index in [0.717, 1.165) is 13.4 Å². The quantitative estimate of drug-likeness (QED) is 0.308. The highest BCUT2D eigenvalue weighted by atomic mass is 79.9. The van der Waals surface area contributed by atoms with Gasteiger partial charge in [-0.2, -0.15) is 0 Å². The first-order valence-corrected chi connectivity index (χ1v) is 11.5. The lowest BCUT2D eigenvalue weighted by molar-refractivity contribution is 0.732. The van der Waals surface area contributed by atoms with Gasteiger partial charge >= 0.3 is 0 Å². The van der Waals surface area contributed by atoms with E-state index >= 15 is 0 Å². The van der Waals surface area contributed by atoms with Crippen LogP contribution in [0.5, 0.6) is 0 Å². The van der Waals surface area contributed by atoms with Crippen LogP contribution in [0.25, 0.3) is 23.3 Å². The van der Waals surface area contributed by atoms with Crippen LogP contribution in [0.3, 0.4) is 0 Å². The molecule has 0 nitrogen and oxygen atoms in total. The van der Waals surface area contributed by atoms with Gasteiger partial charge in [-0.15, -0.1) is 0 Å². The van der Waals surface area contributed by atoms with Crippen molar-refractivity contribution < 1.29 is 0 Å². The molecule has 0 radical (unpaired) electrons. The molecule has 0 heterocycles. The van der Waals surface area contributed by atoms with Gasteiger partial charge in [0, 0.05) is 13.4 Å². The zero-order valence-electron chi connectivity index (χ0n) is 14.6. The summed E-state index contributed by atoms with van der Waals surface area (Å²) in [4.78, 5) is 0. The maximum Gasteiger partial charge on any atom is 0.0844 e. The predicted molar refractivity (Wildman–Crippen MR) is 129 cm³/mol. The van der Waals surface area contributed by atoms with Crippen molar-refractivity contribution in [2.24, 2.45) is 5.41 Å². The van der Waals surface area contributed by atoms with Crippen LogP contribution < -0.4 is 0 Å². The van der Waals surface area contributed by atoms with Gasteiger partial charge in [-0.1, -0.05) is 90.3 Å². The number of benzene rings is 2. The van der Waals surface area contributed by atoms with Crippen LogP contribution in [0.2, 0.25) is 0 Å². The van der Waals surface area contributed by atoms with Crippen molar-refractivity contribution in [1.82, 2.24) is 0 Å². The summed E-state index contributed by atoms with van der Waals surface area (Å²) in [5, 5.41) is 0. The van der Waals surface area contributed by atoms with E-state index in [1.165, 1.54) is 44.5 Å². The number of fused-ring (bicyclic) bond motifs is 8. The molecule has 1 spiro atoms. The summed E-state index contributed by atoms with van der Waals surface area (Å²) in [6, 6.07) is 15.2. The molecular formula is C25H13Br3. The highest BCUT2D eigenvalue weighted by Crippen LogP contribution is 2.66. The van der Waals surface area contributed by atoms with Gasteiger partial charge in [0.05, 0.1) is 5.41 Å². The van der Waals surface area contributed by atoms with Gasteiger partial charge in [-0.05, 0) is 81.0 Å². The highest BCUT2D eigenvalue weighted by molar-refractivity contribution is 9.12. The fourth-order valence-electron chi connectivity index (χ4n) is 4.84. The molecule has 4 aliphatic rings. The van der Waals surface area contributed by atoms with Crippen LogP contribution in [0.4, 0.5) is 0 Å². The van der Waals surface area contributed by atoms with Crippen molar-refractivity contribution >= 4 is 71.1 Å². The van der Waals surface area contributed by atoms with Gasteiger partial charge < -0.3 is 0 Å². The second-order valence-electron chi connectivity index (χ2n) is 7.37. The molecule has 0 fully saturated rings. The van der Waals surface area contributed by atoms with E-state index in [1.54, 1.807) is 0 Å². The minimum atomic E-state index is -0.349. The van der Waals surface area contributed by atoms with Crippen molar-refractivity contribution in [2.75, 3.05) is 0 Å². The van der Waals surface area contributed by atoms with Crippen LogP contribution >= 0.6 is 47.8 Å². The Balaban J connectivity index is 1.65. The van der Waals surface area contributed by atoms with Gasteiger partial charge in [-0.25, -0.2) is 0 Å². The highest BCUT2D eigenvalue weighted by Gasteiger charge is 2.51. The zero-order valence-corrected chi connectivity index (χ0v) is 19.4. The zero-order chi connectivity index (χ0) is 19.0. The van der Waals surface area contributed by atoms with Crippen molar-refractivity contribution in [3.8, 4) is 0 Å². The Bertz CT molecular complexity index is 1270. The third kappa shape index (κ3) is 2.05. The Hall–Kier alpha value is -1.68. The summed E-state index contributed by atoms with van der Waals surface area (Å²) in [5.74, 6) is 0. The van der Waals surface area contributed by atoms with Crippen LogP contribution in [0.15, 0.2) is 91.4 Å². The van der Waals surface area contributed by atoms with Gasteiger partial charge in [0.2, 0.25) is 0 Å². The third-order valence-corrected chi connectivity index (χ3v) is 8.26. The van der Waals surface area contributed by atoms with Crippen molar-refractivity contribution in [1.29, 1.82) is 0 Å². The van der Waals surface area contributed by atoms with Crippen LogP contribution in [-0.4, -0.2) is 0 Å². The monoisotopic (exact) mass is 550 g/mol. The van der Waals surface area contributed by atoms with E-state index in [0.29, 0.717) is 0 Å². The lowest BCUT2D eigenvalue weighted by atomic mass is 9.65. The molecule has 28 heavy (non-hydrogen) atoms. The summed E-state index contributed by atoms with van der Waals surface area (Å²) in [6.07, 6.45) is 13.6. The van der Waals surface area contributed by atoms with Gasteiger partial charge in [-0.3, -0.25) is 0 Å². The topological polar surface area (TPSA) is 0 Å². The number of allylic oxidation sites excluding steroid dienone is 10. The fraction of sp³-hybridized carbons (Fsp3) is 0.0400. The lowest BCUT2D eigenvalue weighted by Gasteiger charge is -2.42. The molecule has 2 aromatic rings. The smallest absolute Gasteiger partial charge is 0.0616 e. The molecule has 6 rings (SSSR count). The fourth-order valence-corrected chi connectivity index (χ4v) is 7.03. The van der Waals surface area contributed by atoms with E-state index in [2.05, 4.69) is 127 Å². The number of rotatable bonds is 0. The summed E-state index contributed by atoms with van der Waals surface area (Å²) >= 11 is 11.5. The molecule has 3 heteroatoms. The van der Waals surface area contributed by atoms with Crippen molar-refractivity contribution in [3.63, 3.8) is 0 Å². The predicted octanol–water partition coefficient (Wildman–Crippen LogP) is 8.28. The van der Waals surface area contributed by atoms with Gasteiger partial charge in [0.15, 0.2) is 0 Å². The number of hydrogen-bond donors (Lipinski definition) is 0. The van der Waals surface area contributed by atoms with Crippen LogP contribution in [0.1, 0.15) is 22.3 Å². The largest absolute Gasteiger partial charge is 0.0844 e. The minimum absolute atomic E-state index is 0.349. The first kappa shape index (κ1) is 17.2. The van der Waals surface area contributed by atoms with E-state index in [1.807, 2.05) is 0 Å². The summed E-state index contributed by atoms with van der Waals surface area (Å²) in [7, 11) is 0. The molecule has 0 N–H and O–H groups in total. The summed E-state index contributed by atoms with van der Waals surface area (Å²) < 4.78 is 3.43. The molecule has 0 bridgehead atoms. The van der Waals surface area contributed by atoms with E-state index in [4.69, 9.17) is 0 Å². The molecule has 0 saturated heterocycles. The maximum atomic E-state index is 3.95. The molecule has 0 saturated carbocycles. The lowest BCUT2D eigenvalue weighted by Crippen LogP contribution is -2.30. The molecule has 4 aliphatic carbocycles. The van der Waals surface area contributed by atoms with Crippen molar-refractivity contribution in [3.05, 3.63) is 114 Å². The minimum Gasteiger partial charge on any atom is -0.0616 e. The SMILES string of the molecule is BrC1=CC=C2C(=Cc3ccccc32)C12C(Br)=CC=C1C2=Cc2cc(Br)ccc21. The first-order chi connectivity index (χ1) is 13.6. The molecule has 1 unspecified atom stereocenters. The molecule has 134 valence electrons. The Morgan fingerprint density at radius 3 is 1.93 bits per heavy atom. The number of halogens is 3. The average Bonchev–Trinajstić information content (AvgIpc) is 3.24. The normalized spacial score (nSPS) is 23.5. The standard InChI is InChI=1S/C25H13Br3/c26-16-5-6-18-15(11-16)13-22-20(18)8-10-24(28)25(22)21-12-14-3-1-2-4-17(14)19(21)7-9-23(25)27/h1-13H. The third-order valence-electron chi connectivity index (χ3n) is 6.05. The molecular weight excluding hydrogens is 540 g/mol. The first-order valence-electron chi connectivity index (χ1n) is 9.11. The van der Waals surface area contributed by atoms with E-state index in [-0.39, 0.29) is 5.41 Å². The Morgan fingerprint density at radius 2 is 1.21 bits per heavy atom. The van der Waals surface area contributed by atoms with Crippen LogP contribution in [-0.2, 0) is 0 Å². The molecule has 2 aromatic carbocycles.